The topological polar surface area (TPSA) is 116 Å². The number of rotatable bonds is 3. The average Bonchev–Trinajstić information content (AvgIpc) is 2.84. The highest BCUT2D eigenvalue weighted by atomic mass is 19.1. The van der Waals surface area contributed by atoms with Crippen LogP contribution in [0.15, 0.2) is 12.1 Å². The van der Waals surface area contributed by atoms with E-state index in [0.29, 0.717) is 5.56 Å². The van der Waals surface area contributed by atoms with Gasteiger partial charge in [-0.05, 0) is 12.0 Å². The number of benzene rings is 1. The molecule has 3 rings (SSSR count). The van der Waals surface area contributed by atoms with Crippen LogP contribution >= 0.6 is 0 Å². The molecule has 0 spiro atoms. The summed E-state index contributed by atoms with van der Waals surface area (Å²) in [5.74, 6) is -2.38. The molecular formula is C15H14FN3O5. The van der Waals surface area contributed by atoms with Crippen LogP contribution in [0.25, 0.3) is 0 Å². The highest BCUT2D eigenvalue weighted by molar-refractivity contribution is 6.05. The molecule has 2 aliphatic rings. The highest BCUT2D eigenvalue weighted by Gasteiger charge is 2.40. The van der Waals surface area contributed by atoms with Crippen molar-refractivity contribution in [3.05, 3.63) is 34.6 Å². The van der Waals surface area contributed by atoms with Gasteiger partial charge in [-0.1, -0.05) is 12.1 Å². The second-order valence-corrected chi connectivity index (χ2v) is 5.63. The molecule has 0 radical (unpaired) electrons. The molecule has 2 aliphatic heterocycles. The molecule has 2 heterocycles. The van der Waals surface area contributed by atoms with E-state index in [1.54, 1.807) is 6.07 Å². The van der Waals surface area contributed by atoms with E-state index < -0.39 is 35.7 Å². The molecule has 1 atom stereocenters. The van der Waals surface area contributed by atoms with Gasteiger partial charge >= 0.3 is 6.09 Å². The summed E-state index contributed by atoms with van der Waals surface area (Å²) in [6, 6.07) is 2.13. The molecule has 1 fully saturated rings. The van der Waals surface area contributed by atoms with Crippen LogP contribution in [0.3, 0.4) is 0 Å². The maximum absolute atomic E-state index is 14.5. The van der Waals surface area contributed by atoms with Crippen LogP contribution in [-0.4, -0.2) is 39.9 Å². The van der Waals surface area contributed by atoms with Crippen molar-refractivity contribution in [2.45, 2.75) is 32.0 Å². The smallest absolute Gasteiger partial charge is 0.404 e. The fourth-order valence-electron chi connectivity index (χ4n) is 2.96. The molecule has 0 saturated carbocycles. The van der Waals surface area contributed by atoms with Gasteiger partial charge in [-0.15, -0.1) is 0 Å². The van der Waals surface area contributed by atoms with Crippen LogP contribution < -0.4 is 10.6 Å². The minimum Gasteiger partial charge on any atom is -0.465 e. The Morgan fingerprint density at radius 1 is 1.38 bits per heavy atom. The fourth-order valence-corrected chi connectivity index (χ4v) is 2.96. The second kappa shape index (κ2) is 5.91. The largest absolute Gasteiger partial charge is 0.465 e. The summed E-state index contributed by atoms with van der Waals surface area (Å²) in [6.07, 6.45) is -0.988. The zero-order valence-electron chi connectivity index (χ0n) is 12.5. The van der Waals surface area contributed by atoms with Gasteiger partial charge in [0.1, 0.15) is 11.9 Å². The summed E-state index contributed by atoms with van der Waals surface area (Å²) in [4.78, 5) is 47.4. The number of hydrogen-bond acceptors (Lipinski definition) is 4. The van der Waals surface area contributed by atoms with Gasteiger partial charge in [-0.25, -0.2) is 9.18 Å². The monoisotopic (exact) mass is 335 g/mol. The summed E-state index contributed by atoms with van der Waals surface area (Å²) >= 11 is 0. The van der Waals surface area contributed by atoms with Crippen LogP contribution in [0.2, 0.25) is 0 Å². The maximum atomic E-state index is 14.5. The predicted molar refractivity (Wildman–Crippen MR) is 77.3 cm³/mol. The SMILES string of the molecule is O=C(O)NCc1ccc2c(c1F)C(=O)N(C1CCC(=O)NC1=O)C2. The molecule has 9 heteroatoms. The lowest BCUT2D eigenvalue weighted by molar-refractivity contribution is -0.136. The molecule has 0 aliphatic carbocycles. The highest BCUT2D eigenvalue weighted by Crippen LogP contribution is 2.30. The van der Waals surface area contributed by atoms with E-state index in [0.717, 1.165) is 0 Å². The Kier molecular flexibility index (Phi) is 3.92. The first-order chi connectivity index (χ1) is 11.4. The van der Waals surface area contributed by atoms with Gasteiger partial charge < -0.3 is 15.3 Å². The number of imide groups is 1. The van der Waals surface area contributed by atoms with E-state index in [1.807, 2.05) is 5.32 Å². The molecular weight excluding hydrogens is 321 g/mol. The summed E-state index contributed by atoms with van der Waals surface area (Å²) in [6.45, 7) is -0.190. The van der Waals surface area contributed by atoms with Crippen molar-refractivity contribution in [2.24, 2.45) is 0 Å². The number of carboxylic acid groups (broad SMARTS) is 1. The van der Waals surface area contributed by atoms with E-state index in [2.05, 4.69) is 5.32 Å². The van der Waals surface area contributed by atoms with Gasteiger partial charge in [0.25, 0.3) is 5.91 Å². The van der Waals surface area contributed by atoms with Crippen molar-refractivity contribution >= 4 is 23.8 Å². The molecule has 1 unspecified atom stereocenters. The number of carbonyl (C=O) groups is 4. The number of piperidine rings is 1. The van der Waals surface area contributed by atoms with Crippen LogP contribution in [-0.2, 0) is 22.7 Å². The fraction of sp³-hybridized carbons (Fsp3) is 0.333. The first-order valence-electron chi connectivity index (χ1n) is 7.30. The predicted octanol–water partition coefficient (Wildman–Crippen LogP) is 0.354. The summed E-state index contributed by atoms with van der Waals surface area (Å²) in [7, 11) is 0. The lowest BCUT2D eigenvalue weighted by Crippen LogP contribution is -2.52. The Balaban J connectivity index is 1.85. The lowest BCUT2D eigenvalue weighted by Gasteiger charge is -2.29. The molecule has 0 bridgehead atoms. The van der Waals surface area contributed by atoms with E-state index >= 15 is 0 Å². The number of fused-ring (bicyclic) bond motifs is 1. The number of amides is 4. The molecule has 1 aromatic carbocycles. The molecule has 3 N–H and O–H groups in total. The zero-order valence-corrected chi connectivity index (χ0v) is 12.5. The van der Waals surface area contributed by atoms with Crippen LogP contribution in [0.1, 0.15) is 34.3 Å². The Morgan fingerprint density at radius 2 is 2.12 bits per heavy atom. The van der Waals surface area contributed by atoms with Gasteiger partial charge in [-0.3, -0.25) is 19.7 Å². The summed E-state index contributed by atoms with van der Waals surface area (Å²) in [5.41, 5.74) is 0.334. The Labute approximate surface area is 135 Å². The molecule has 8 nitrogen and oxygen atoms in total. The lowest BCUT2D eigenvalue weighted by atomic mass is 10.0. The van der Waals surface area contributed by atoms with Crippen LogP contribution in [0.4, 0.5) is 9.18 Å². The van der Waals surface area contributed by atoms with E-state index in [9.17, 15) is 23.6 Å². The average molecular weight is 335 g/mol. The van der Waals surface area contributed by atoms with Crippen molar-refractivity contribution in [3.8, 4) is 0 Å². The standard InChI is InChI=1S/C15H14FN3O5/c16-12-7(5-17-15(23)24)1-2-8-6-19(14(22)11(8)12)9-3-4-10(20)18-13(9)21/h1-2,9,17H,3-6H2,(H,23,24)(H,18,20,21). The van der Waals surface area contributed by atoms with Crippen molar-refractivity contribution in [3.63, 3.8) is 0 Å². The van der Waals surface area contributed by atoms with Gasteiger partial charge in [-0.2, -0.15) is 0 Å². The molecule has 0 aromatic heterocycles. The van der Waals surface area contributed by atoms with Crippen LogP contribution in [0, 0.1) is 5.82 Å². The van der Waals surface area contributed by atoms with Gasteiger partial charge in [0.2, 0.25) is 11.8 Å². The normalized spacial score (nSPS) is 20.0. The Hall–Kier alpha value is -2.97. The molecule has 1 saturated heterocycles. The molecule has 1 aromatic rings. The van der Waals surface area contributed by atoms with E-state index in [1.165, 1.54) is 11.0 Å². The van der Waals surface area contributed by atoms with Gasteiger partial charge in [0.15, 0.2) is 0 Å². The summed E-state index contributed by atoms with van der Waals surface area (Å²) < 4.78 is 14.5. The number of hydrogen-bond donors (Lipinski definition) is 3. The third-order valence-corrected chi connectivity index (χ3v) is 4.14. The van der Waals surface area contributed by atoms with Crippen LogP contribution in [0.5, 0.6) is 0 Å². The van der Waals surface area contributed by atoms with Gasteiger partial charge in [0.05, 0.1) is 5.56 Å². The van der Waals surface area contributed by atoms with Crippen molar-refractivity contribution in [1.82, 2.24) is 15.5 Å². The van der Waals surface area contributed by atoms with E-state index in [4.69, 9.17) is 5.11 Å². The van der Waals surface area contributed by atoms with Crippen molar-refractivity contribution < 1.29 is 28.7 Å². The Morgan fingerprint density at radius 3 is 2.79 bits per heavy atom. The second-order valence-electron chi connectivity index (χ2n) is 5.63. The van der Waals surface area contributed by atoms with Crippen molar-refractivity contribution in [2.75, 3.05) is 0 Å². The molecule has 4 amide bonds. The minimum atomic E-state index is -1.30. The zero-order chi connectivity index (χ0) is 17.4. The number of carbonyl (C=O) groups excluding carboxylic acids is 3. The number of nitrogens with zero attached hydrogens (tertiary/aromatic N) is 1. The third-order valence-electron chi connectivity index (χ3n) is 4.14. The minimum absolute atomic E-state index is 0.0506. The Bertz CT molecular complexity index is 764. The number of nitrogens with one attached hydrogen (secondary N) is 2. The number of halogens is 1. The van der Waals surface area contributed by atoms with Gasteiger partial charge in [0, 0.05) is 25.1 Å². The molecule has 126 valence electrons. The van der Waals surface area contributed by atoms with Crippen molar-refractivity contribution in [1.29, 1.82) is 0 Å². The third kappa shape index (κ3) is 2.68. The quantitative estimate of drug-likeness (QED) is 0.690. The first kappa shape index (κ1) is 15.9. The molecule has 24 heavy (non-hydrogen) atoms. The summed E-state index contributed by atoms with van der Waals surface area (Å²) in [5, 5.41) is 12.8. The first-order valence-corrected chi connectivity index (χ1v) is 7.30. The maximum Gasteiger partial charge on any atom is 0.404 e. The van der Waals surface area contributed by atoms with E-state index in [-0.39, 0.29) is 37.1 Å².